The Kier molecular flexibility index (Phi) is 17.3. The normalized spacial score (nSPS) is 16.5. The van der Waals surface area contributed by atoms with E-state index in [9.17, 15) is 24.3 Å². The van der Waals surface area contributed by atoms with Crippen LogP contribution in [0.4, 0.5) is 0 Å². The predicted octanol–water partition coefficient (Wildman–Crippen LogP) is 4.28. The molecular weight excluding hydrogens is 524 g/mol. The number of methoxy groups -OCH3 is 2. The van der Waals surface area contributed by atoms with Crippen molar-refractivity contribution in [1.29, 1.82) is 0 Å². The number of ether oxygens (including phenoxy) is 2. The van der Waals surface area contributed by atoms with Gasteiger partial charge in [0, 0.05) is 45.2 Å². The molecule has 220 valence electrons. The fourth-order valence-corrected chi connectivity index (χ4v) is 4.54. The Bertz CT molecular complexity index is 900. The van der Waals surface area contributed by atoms with Gasteiger partial charge in [-0.2, -0.15) is 0 Å². The molecule has 0 saturated heterocycles. The first-order valence-electron chi connectivity index (χ1n) is 13.7. The molecule has 0 aromatic carbocycles. The number of aliphatic hydroxyl groups excluding tert-OH is 1. The van der Waals surface area contributed by atoms with Crippen LogP contribution in [0.2, 0.25) is 0 Å². The number of carbonyl (C=O) groups excluding carboxylic acids is 4. The Morgan fingerprint density at radius 3 is 2.49 bits per heavy atom. The lowest BCUT2D eigenvalue weighted by Gasteiger charge is -2.23. The Hall–Kier alpha value is -2.49. The molecule has 10 heteroatoms. The maximum absolute atomic E-state index is 12.6. The predicted molar refractivity (Wildman–Crippen MR) is 151 cm³/mol. The number of Topliss-reactive ketones (excluding diaryl/α,β-unsaturated/α-hetero) is 1. The van der Waals surface area contributed by atoms with Crippen molar-refractivity contribution in [2.45, 2.75) is 89.7 Å². The van der Waals surface area contributed by atoms with Crippen LogP contribution >= 0.6 is 11.6 Å². The largest absolute Gasteiger partial charge is 0.499 e. The summed E-state index contributed by atoms with van der Waals surface area (Å²) >= 11 is 5.90. The van der Waals surface area contributed by atoms with Gasteiger partial charge in [-0.15, -0.1) is 0 Å². The van der Waals surface area contributed by atoms with Crippen molar-refractivity contribution in [3.8, 4) is 0 Å². The molecule has 39 heavy (non-hydrogen) atoms. The molecule has 1 N–H and O–H groups in total. The van der Waals surface area contributed by atoms with Crippen LogP contribution in [0.15, 0.2) is 35.1 Å². The number of halogens is 1. The number of hydrogen-bond donors (Lipinski definition) is 1. The van der Waals surface area contributed by atoms with Gasteiger partial charge >= 0.3 is 0 Å². The van der Waals surface area contributed by atoms with Crippen molar-refractivity contribution < 1.29 is 33.8 Å². The van der Waals surface area contributed by atoms with Gasteiger partial charge in [-0.3, -0.25) is 24.1 Å². The highest BCUT2D eigenvalue weighted by Crippen LogP contribution is 2.21. The van der Waals surface area contributed by atoms with Crippen LogP contribution in [-0.4, -0.2) is 85.0 Å². The topological polar surface area (TPSA) is 113 Å². The molecule has 0 bridgehead atoms. The third kappa shape index (κ3) is 12.5. The van der Waals surface area contributed by atoms with Gasteiger partial charge in [0.2, 0.25) is 11.8 Å². The zero-order valence-corrected chi connectivity index (χ0v) is 24.6. The van der Waals surface area contributed by atoms with Crippen molar-refractivity contribution in [1.82, 2.24) is 9.80 Å². The second-order valence-corrected chi connectivity index (χ2v) is 9.99. The summed E-state index contributed by atoms with van der Waals surface area (Å²) in [7, 11) is 4.70. The molecule has 1 aliphatic rings. The molecule has 0 unspecified atom stereocenters. The Morgan fingerprint density at radius 1 is 1.15 bits per heavy atom. The van der Waals surface area contributed by atoms with Gasteiger partial charge in [0.05, 0.1) is 26.2 Å². The van der Waals surface area contributed by atoms with E-state index in [-0.39, 0.29) is 30.7 Å². The van der Waals surface area contributed by atoms with Crippen LogP contribution in [0.3, 0.4) is 0 Å². The highest BCUT2D eigenvalue weighted by atomic mass is 35.5. The minimum atomic E-state index is -0.945. The van der Waals surface area contributed by atoms with Crippen molar-refractivity contribution >= 4 is 35.1 Å². The average molecular weight is 569 g/mol. The SMILES string of the molecule is CCCCCCC[C@@H](C/C=C/CCC(=O)N(C)C/C(=C\Cl)CC(=O)CC(=O)N1C(=O)C=C(OC)[C@@H]1CO)OC. The number of carbonyl (C=O) groups is 4. The van der Waals surface area contributed by atoms with E-state index in [0.717, 1.165) is 30.2 Å². The van der Waals surface area contributed by atoms with E-state index in [2.05, 4.69) is 13.0 Å². The van der Waals surface area contributed by atoms with Gasteiger partial charge in [-0.05, 0) is 24.8 Å². The minimum absolute atomic E-state index is 0.0926. The summed E-state index contributed by atoms with van der Waals surface area (Å²) < 4.78 is 10.6. The first kappa shape index (κ1) is 34.5. The lowest BCUT2D eigenvalue weighted by Crippen LogP contribution is -2.43. The molecule has 0 spiro atoms. The maximum Gasteiger partial charge on any atom is 0.257 e. The fraction of sp³-hybridized carbons (Fsp3) is 0.655. The van der Waals surface area contributed by atoms with Crippen LogP contribution in [0, 0.1) is 0 Å². The molecule has 9 nitrogen and oxygen atoms in total. The molecule has 1 rings (SSSR count). The van der Waals surface area contributed by atoms with E-state index in [1.807, 2.05) is 6.08 Å². The minimum Gasteiger partial charge on any atom is -0.499 e. The van der Waals surface area contributed by atoms with Crippen molar-refractivity contribution in [2.75, 3.05) is 34.4 Å². The molecule has 1 heterocycles. The van der Waals surface area contributed by atoms with E-state index in [4.69, 9.17) is 21.1 Å². The second-order valence-electron chi connectivity index (χ2n) is 9.77. The fourth-order valence-electron chi connectivity index (χ4n) is 4.39. The summed E-state index contributed by atoms with van der Waals surface area (Å²) in [6, 6.07) is -0.945. The van der Waals surface area contributed by atoms with Crippen LogP contribution in [0.25, 0.3) is 0 Å². The molecule has 0 saturated carbocycles. The average Bonchev–Trinajstić information content (AvgIpc) is 3.26. The molecule has 0 radical (unpaired) electrons. The van der Waals surface area contributed by atoms with Crippen LogP contribution < -0.4 is 0 Å². The number of ketones is 1. The van der Waals surface area contributed by atoms with Crippen LogP contribution in [0.5, 0.6) is 0 Å². The summed E-state index contributed by atoms with van der Waals surface area (Å²) in [5.74, 6) is -1.76. The summed E-state index contributed by atoms with van der Waals surface area (Å²) in [4.78, 5) is 52.1. The van der Waals surface area contributed by atoms with E-state index < -0.39 is 36.7 Å². The van der Waals surface area contributed by atoms with Gasteiger partial charge in [0.15, 0.2) is 0 Å². The molecule has 3 amide bonds. The molecule has 2 atom stereocenters. The Balaban J connectivity index is 2.42. The summed E-state index contributed by atoms with van der Waals surface area (Å²) in [6.45, 7) is 1.84. The standard InChI is InChI=1S/C29H45ClN2O7/c1-5-6-7-8-10-13-24(38-3)14-11-9-12-15-27(35)31(2)20-22(19-30)16-23(34)17-28(36)32-25(21-33)26(39-4)18-29(32)37/h9,11,18-19,24-25,33H,5-8,10,12-17,20-21H2,1-4H3/b11-9+,22-19-/t24-,25-/m0/s1. The maximum atomic E-state index is 12.6. The van der Waals surface area contributed by atoms with Gasteiger partial charge in [-0.1, -0.05) is 62.8 Å². The smallest absolute Gasteiger partial charge is 0.257 e. The van der Waals surface area contributed by atoms with E-state index in [1.165, 1.54) is 43.2 Å². The molecular formula is C29H45ClN2O7. The second kappa shape index (κ2) is 19.6. The van der Waals surface area contributed by atoms with Gasteiger partial charge < -0.3 is 19.5 Å². The third-order valence-electron chi connectivity index (χ3n) is 6.67. The molecule has 0 fully saturated rings. The first-order valence-corrected chi connectivity index (χ1v) is 14.1. The molecule has 0 aromatic rings. The van der Waals surface area contributed by atoms with Gasteiger partial charge in [-0.25, -0.2) is 0 Å². The number of rotatable bonds is 20. The number of hydrogen-bond acceptors (Lipinski definition) is 7. The van der Waals surface area contributed by atoms with Crippen molar-refractivity contribution in [3.63, 3.8) is 0 Å². The zero-order valence-electron chi connectivity index (χ0n) is 23.8. The van der Waals surface area contributed by atoms with E-state index in [1.54, 1.807) is 14.2 Å². The summed E-state index contributed by atoms with van der Waals surface area (Å²) in [6.07, 6.45) is 13.6. The van der Waals surface area contributed by atoms with Crippen molar-refractivity contribution in [2.24, 2.45) is 0 Å². The first-order chi connectivity index (χ1) is 18.7. The summed E-state index contributed by atoms with van der Waals surface area (Å²) in [5, 5.41) is 9.53. The van der Waals surface area contributed by atoms with E-state index in [0.29, 0.717) is 18.4 Å². The molecule has 1 aliphatic heterocycles. The number of amides is 3. The number of aliphatic hydroxyl groups is 1. The van der Waals surface area contributed by atoms with Crippen LogP contribution in [0.1, 0.15) is 77.6 Å². The number of likely N-dealkylation sites (N-methyl/N-ethyl adjacent to an activating group) is 1. The lowest BCUT2D eigenvalue weighted by molar-refractivity contribution is -0.145. The highest BCUT2D eigenvalue weighted by molar-refractivity contribution is 6.26. The third-order valence-corrected chi connectivity index (χ3v) is 6.98. The Morgan fingerprint density at radius 2 is 1.87 bits per heavy atom. The molecule has 0 aliphatic carbocycles. The monoisotopic (exact) mass is 568 g/mol. The van der Waals surface area contributed by atoms with Crippen molar-refractivity contribution in [3.05, 3.63) is 35.1 Å². The van der Waals surface area contributed by atoms with Gasteiger partial charge in [0.1, 0.15) is 17.6 Å². The number of nitrogens with zero attached hydrogens (tertiary/aromatic N) is 2. The number of imide groups is 1. The zero-order chi connectivity index (χ0) is 29.2. The number of allylic oxidation sites excluding steroid dienone is 1. The van der Waals surface area contributed by atoms with Crippen LogP contribution in [-0.2, 0) is 28.7 Å². The lowest BCUT2D eigenvalue weighted by atomic mass is 10.1. The van der Waals surface area contributed by atoms with E-state index >= 15 is 0 Å². The quantitative estimate of drug-likeness (QED) is 0.132. The molecule has 0 aromatic heterocycles. The summed E-state index contributed by atoms with van der Waals surface area (Å²) in [5.41, 5.74) is 1.71. The van der Waals surface area contributed by atoms with Gasteiger partial charge in [0.25, 0.3) is 5.91 Å². The Labute approximate surface area is 237 Å². The highest BCUT2D eigenvalue weighted by Gasteiger charge is 2.38. The number of unbranched alkanes of at least 4 members (excludes halogenated alkanes) is 4.